The number of aryl methyl sites for hydroxylation is 1. The number of carbonyl (C=O) groups is 1. The number of anilines is 3. The molecule has 1 atom stereocenters. The van der Waals surface area contributed by atoms with E-state index < -0.39 is 0 Å². The Bertz CT molecular complexity index is 1350. The molecule has 0 saturated carbocycles. The van der Waals surface area contributed by atoms with Gasteiger partial charge in [-0.25, -0.2) is 4.98 Å². The highest BCUT2D eigenvalue weighted by Gasteiger charge is 2.20. The maximum Gasteiger partial charge on any atom is 0.255 e. The molecular formula is C29H32N6OS. The average molecular weight is 513 g/mol. The smallest absolute Gasteiger partial charge is 0.255 e. The van der Waals surface area contributed by atoms with Gasteiger partial charge in [-0.05, 0) is 68.4 Å². The Morgan fingerprint density at radius 1 is 1.00 bits per heavy atom. The second kappa shape index (κ2) is 11.2. The molecule has 1 amide bonds. The van der Waals surface area contributed by atoms with Crippen molar-refractivity contribution in [2.75, 3.05) is 43.9 Å². The fourth-order valence-corrected chi connectivity index (χ4v) is 5.20. The number of likely N-dealkylation sites (N-methyl/N-ethyl adjacent to an activating group) is 1. The van der Waals surface area contributed by atoms with Crippen molar-refractivity contribution in [2.45, 2.75) is 19.9 Å². The topological polar surface area (TPSA) is 73.4 Å². The lowest BCUT2D eigenvalue weighted by atomic mass is 10.1. The van der Waals surface area contributed by atoms with Gasteiger partial charge in [0.1, 0.15) is 0 Å². The van der Waals surface area contributed by atoms with E-state index in [9.17, 15) is 4.79 Å². The SMILES string of the molecule is Cc1ccc(C(=O)Nc2ccc(C(C)N3CCN(C)CC3)cc2)cc1Nc1nc(-c2ccncc2)cs1. The van der Waals surface area contributed by atoms with Gasteiger partial charge in [-0.3, -0.25) is 14.7 Å². The van der Waals surface area contributed by atoms with E-state index in [1.165, 1.54) is 16.9 Å². The van der Waals surface area contributed by atoms with Crippen LogP contribution in [0.2, 0.25) is 0 Å². The van der Waals surface area contributed by atoms with Gasteiger partial charge < -0.3 is 15.5 Å². The van der Waals surface area contributed by atoms with E-state index >= 15 is 0 Å². The molecule has 1 unspecified atom stereocenters. The maximum absolute atomic E-state index is 13.0. The van der Waals surface area contributed by atoms with Crippen molar-refractivity contribution in [3.8, 4) is 11.3 Å². The molecule has 0 spiro atoms. The van der Waals surface area contributed by atoms with Crippen molar-refractivity contribution in [3.63, 3.8) is 0 Å². The fraction of sp³-hybridized carbons (Fsp3) is 0.276. The Kier molecular flexibility index (Phi) is 7.60. The van der Waals surface area contributed by atoms with Crippen LogP contribution in [-0.4, -0.2) is 58.9 Å². The minimum Gasteiger partial charge on any atom is -0.331 e. The van der Waals surface area contributed by atoms with Gasteiger partial charge in [-0.1, -0.05) is 18.2 Å². The Morgan fingerprint density at radius 2 is 1.73 bits per heavy atom. The first-order valence-electron chi connectivity index (χ1n) is 12.5. The standard InChI is InChI=1S/C29H32N6OS/c1-20-4-5-24(18-26(20)32-29-33-27(19-37-29)23-10-12-30-13-11-23)28(36)31-25-8-6-22(7-9-25)21(2)35-16-14-34(3)15-17-35/h4-13,18-19,21H,14-17H2,1-3H3,(H,31,36)(H,32,33). The maximum atomic E-state index is 13.0. The van der Waals surface area contributed by atoms with Gasteiger partial charge in [0.05, 0.1) is 5.69 Å². The highest BCUT2D eigenvalue weighted by molar-refractivity contribution is 7.14. The molecule has 8 heteroatoms. The van der Waals surface area contributed by atoms with Crippen LogP contribution in [-0.2, 0) is 0 Å². The minimum absolute atomic E-state index is 0.139. The lowest BCUT2D eigenvalue weighted by molar-refractivity contribution is 0.102. The van der Waals surface area contributed by atoms with Gasteiger partial charge in [-0.15, -0.1) is 11.3 Å². The third-order valence-electron chi connectivity index (χ3n) is 6.96. The van der Waals surface area contributed by atoms with E-state index in [1.807, 2.05) is 54.8 Å². The van der Waals surface area contributed by atoms with E-state index in [0.717, 1.165) is 59.5 Å². The largest absolute Gasteiger partial charge is 0.331 e. The molecule has 1 aliphatic heterocycles. The minimum atomic E-state index is -0.139. The number of hydrogen-bond acceptors (Lipinski definition) is 7. The summed E-state index contributed by atoms with van der Waals surface area (Å²) in [6.45, 7) is 8.61. The zero-order chi connectivity index (χ0) is 25.8. The number of pyridine rings is 1. The number of carbonyl (C=O) groups excluding carboxylic acids is 1. The molecule has 5 rings (SSSR count). The summed E-state index contributed by atoms with van der Waals surface area (Å²) >= 11 is 1.53. The van der Waals surface area contributed by atoms with Crippen LogP contribution < -0.4 is 10.6 Å². The highest BCUT2D eigenvalue weighted by atomic mass is 32.1. The first-order chi connectivity index (χ1) is 18.0. The lowest BCUT2D eigenvalue weighted by Gasteiger charge is -2.36. The molecule has 190 valence electrons. The summed E-state index contributed by atoms with van der Waals surface area (Å²) in [5.41, 5.74) is 6.46. The highest BCUT2D eigenvalue weighted by Crippen LogP contribution is 2.29. The van der Waals surface area contributed by atoms with Crippen LogP contribution in [0.1, 0.15) is 34.5 Å². The summed E-state index contributed by atoms with van der Waals surface area (Å²) in [5.74, 6) is -0.139. The number of nitrogens with zero attached hydrogens (tertiary/aromatic N) is 4. The summed E-state index contributed by atoms with van der Waals surface area (Å²) in [6, 6.07) is 18.1. The first kappa shape index (κ1) is 25.1. The third kappa shape index (κ3) is 6.05. The molecule has 0 aliphatic carbocycles. The van der Waals surface area contributed by atoms with Crippen molar-refractivity contribution in [1.29, 1.82) is 0 Å². The molecule has 1 fully saturated rings. The molecule has 4 aromatic rings. The van der Waals surface area contributed by atoms with Gasteiger partial charge in [0.25, 0.3) is 5.91 Å². The molecule has 2 aromatic carbocycles. The van der Waals surface area contributed by atoms with Crippen LogP contribution in [0.25, 0.3) is 11.3 Å². The zero-order valence-electron chi connectivity index (χ0n) is 21.4. The normalized spacial score (nSPS) is 15.3. The van der Waals surface area contributed by atoms with Crippen LogP contribution in [0.3, 0.4) is 0 Å². The average Bonchev–Trinajstić information content (AvgIpc) is 3.39. The van der Waals surface area contributed by atoms with Crippen LogP contribution >= 0.6 is 11.3 Å². The molecule has 2 aromatic heterocycles. The molecule has 37 heavy (non-hydrogen) atoms. The van der Waals surface area contributed by atoms with Crippen LogP contribution in [0.5, 0.6) is 0 Å². The van der Waals surface area contributed by atoms with E-state index in [4.69, 9.17) is 4.98 Å². The molecular weight excluding hydrogens is 480 g/mol. The van der Waals surface area contributed by atoms with Crippen molar-refractivity contribution in [3.05, 3.63) is 89.1 Å². The van der Waals surface area contributed by atoms with Crippen molar-refractivity contribution in [2.24, 2.45) is 0 Å². The van der Waals surface area contributed by atoms with E-state index in [-0.39, 0.29) is 5.91 Å². The molecule has 1 aliphatic rings. The Hall–Kier alpha value is -3.59. The van der Waals surface area contributed by atoms with Crippen LogP contribution in [0.15, 0.2) is 72.4 Å². The van der Waals surface area contributed by atoms with Gasteiger partial charge in [0.2, 0.25) is 0 Å². The second-order valence-corrected chi connectivity index (χ2v) is 10.4. The summed E-state index contributed by atoms with van der Waals surface area (Å²) in [6.07, 6.45) is 3.52. The number of amides is 1. The fourth-order valence-electron chi connectivity index (χ4n) is 4.47. The quantitative estimate of drug-likeness (QED) is 0.325. The monoisotopic (exact) mass is 512 g/mol. The summed E-state index contributed by atoms with van der Waals surface area (Å²) in [7, 11) is 2.17. The number of benzene rings is 2. The number of piperazine rings is 1. The summed E-state index contributed by atoms with van der Waals surface area (Å²) < 4.78 is 0. The number of nitrogens with one attached hydrogen (secondary N) is 2. The lowest BCUT2D eigenvalue weighted by Crippen LogP contribution is -2.45. The van der Waals surface area contributed by atoms with Crippen molar-refractivity contribution in [1.82, 2.24) is 19.8 Å². The van der Waals surface area contributed by atoms with Crippen LogP contribution in [0, 0.1) is 6.92 Å². The van der Waals surface area contributed by atoms with Crippen molar-refractivity contribution < 1.29 is 4.79 Å². The van der Waals surface area contributed by atoms with E-state index in [1.54, 1.807) is 12.4 Å². The van der Waals surface area contributed by atoms with E-state index in [0.29, 0.717) is 11.6 Å². The molecule has 0 bridgehead atoms. The van der Waals surface area contributed by atoms with Gasteiger partial charge in [0, 0.05) is 72.5 Å². The molecule has 3 heterocycles. The first-order valence-corrected chi connectivity index (χ1v) is 13.4. The van der Waals surface area contributed by atoms with Gasteiger partial charge in [-0.2, -0.15) is 0 Å². The number of rotatable bonds is 7. The molecule has 0 radical (unpaired) electrons. The van der Waals surface area contributed by atoms with Gasteiger partial charge in [0.15, 0.2) is 5.13 Å². The third-order valence-corrected chi connectivity index (χ3v) is 7.72. The Morgan fingerprint density at radius 3 is 2.46 bits per heavy atom. The van der Waals surface area contributed by atoms with Crippen LogP contribution in [0.4, 0.5) is 16.5 Å². The van der Waals surface area contributed by atoms with Gasteiger partial charge >= 0.3 is 0 Å². The summed E-state index contributed by atoms with van der Waals surface area (Å²) in [4.78, 5) is 26.7. The zero-order valence-corrected chi connectivity index (χ0v) is 22.3. The Labute approximate surface area is 222 Å². The number of aromatic nitrogens is 2. The number of hydrogen-bond donors (Lipinski definition) is 2. The predicted molar refractivity (Wildman–Crippen MR) is 152 cm³/mol. The number of thiazole rings is 1. The molecule has 2 N–H and O–H groups in total. The second-order valence-electron chi connectivity index (χ2n) is 9.52. The summed E-state index contributed by atoms with van der Waals surface area (Å²) in [5, 5.41) is 9.21. The molecule has 7 nitrogen and oxygen atoms in total. The molecule has 1 saturated heterocycles. The van der Waals surface area contributed by atoms with E-state index in [2.05, 4.69) is 51.5 Å². The van der Waals surface area contributed by atoms with Crippen molar-refractivity contribution >= 4 is 33.8 Å². The predicted octanol–water partition coefficient (Wildman–Crippen LogP) is 5.82. The Balaban J connectivity index is 1.23.